The minimum Gasteiger partial charge on any atom is -0.457 e. The summed E-state index contributed by atoms with van der Waals surface area (Å²) in [6, 6.07) is 114. The van der Waals surface area contributed by atoms with Gasteiger partial charge in [-0.15, -0.1) is 0 Å². The van der Waals surface area contributed by atoms with Gasteiger partial charge in [0.15, 0.2) is 0 Å². The number of anilines is 4. The van der Waals surface area contributed by atoms with Gasteiger partial charge >= 0.3 is 0 Å². The van der Waals surface area contributed by atoms with Crippen molar-refractivity contribution in [1.82, 2.24) is 9.55 Å². The van der Waals surface area contributed by atoms with E-state index < -0.39 is 5.41 Å². The van der Waals surface area contributed by atoms with E-state index in [2.05, 4.69) is 365 Å². The van der Waals surface area contributed by atoms with E-state index in [1.807, 2.05) is 6.20 Å². The molecule has 3 heterocycles. The Morgan fingerprint density at radius 3 is 1.56 bits per heavy atom. The summed E-state index contributed by atoms with van der Waals surface area (Å²) in [6.45, 7) is 14.3. The van der Waals surface area contributed by atoms with Crippen LogP contribution in [-0.2, 0) is 16.2 Å². The molecule has 1 aliphatic heterocycles. The molecule has 3 aliphatic rings. The highest BCUT2D eigenvalue weighted by atomic mass is 16.5. The first-order chi connectivity index (χ1) is 47.8. The van der Waals surface area contributed by atoms with Crippen LogP contribution in [0.4, 0.5) is 22.7 Å². The molecule has 0 atom stereocenters. The zero-order valence-electron chi connectivity index (χ0n) is 55.9. The molecule has 0 saturated carbocycles. The van der Waals surface area contributed by atoms with Gasteiger partial charge in [-0.2, -0.15) is 0 Å². The molecule has 0 unspecified atom stereocenters. The van der Waals surface area contributed by atoms with Crippen molar-refractivity contribution >= 4 is 44.6 Å². The van der Waals surface area contributed by atoms with E-state index in [0.717, 1.165) is 84.3 Å². The van der Waals surface area contributed by atoms with Crippen LogP contribution in [0.25, 0.3) is 106 Å². The summed E-state index contributed by atoms with van der Waals surface area (Å²) in [4.78, 5) is 10.2. The number of hydrogen-bond acceptors (Lipinski definition) is 4. The number of nitrogens with zero attached hydrogens (tertiary/aromatic N) is 4. The zero-order valence-corrected chi connectivity index (χ0v) is 55.9. The Kier molecular flexibility index (Phi) is 13.6. The quantitative estimate of drug-likeness (QED) is 0.137. The topological polar surface area (TPSA) is 33.5 Å². The average Bonchev–Trinajstić information content (AvgIpc) is 1.50. The molecule has 0 radical (unpaired) electrons. The Morgan fingerprint density at radius 2 is 0.888 bits per heavy atom. The number of para-hydroxylation sites is 1. The maximum absolute atomic E-state index is 7.25. The molecule has 2 aromatic heterocycles. The number of pyridine rings is 1. The molecule has 0 N–H and O–H groups in total. The zero-order chi connectivity index (χ0) is 66.0. The lowest BCUT2D eigenvalue weighted by molar-refractivity contribution is 0.483. The SMILES string of the molecule is CC(C)(C)c1cc(-c2ccccc2)cc(-c2cccc(-c3ccc(-c4ccccc4)cc3)c2N2CN(c3cccc(Oc4ccc5c6c7c(ccc6n(-c6cc(C(C)(C)C)ccn6)c5c4)C4(c5ccccc5-c5ccccc54)c4ccccc4-7)c3)c3cc(-c4ccccc4)ccc32)c1. The predicted molar refractivity (Wildman–Crippen MR) is 408 cm³/mol. The first kappa shape index (κ1) is 58.8. The van der Waals surface area contributed by atoms with Crippen LogP contribution < -0.4 is 14.5 Å². The van der Waals surface area contributed by atoms with E-state index >= 15 is 0 Å². The van der Waals surface area contributed by atoms with Gasteiger partial charge in [-0.1, -0.05) is 278 Å². The van der Waals surface area contributed by atoms with Crippen LogP contribution in [-0.4, -0.2) is 16.2 Å². The molecule has 0 fully saturated rings. The van der Waals surface area contributed by atoms with Crippen LogP contribution in [0.2, 0.25) is 0 Å². The average molecular weight is 1260 g/mol. The van der Waals surface area contributed by atoms with Gasteiger partial charge in [0.25, 0.3) is 0 Å². The van der Waals surface area contributed by atoms with Crippen molar-refractivity contribution in [3.63, 3.8) is 0 Å². The van der Waals surface area contributed by atoms with Gasteiger partial charge in [0.2, 0.25) is 0 Å². The highest BCUT2D eigenvalue weighted by Crippen LogP contribution is 2.64. The number of benzene rings is 13. The van der Waals surface area contributed by atoms with Gasteiger partial charge in [-0.05, 0) is 172 Å². The van der Waals surface area contributed by atoms with Crippen molar-refractivity contribution in [2.45, 2.75) is 57.8 Å². The third kappa shape index (κ3) is 9.46. The van der Waals surface area contributed by atoms with E-state index in [1.165, 1.54) is 88.8 Å². The molecule has 18 rings (SSSR count). The fourth-order valence-corrected chi connectivity index (χ4v) is 16.1. The van der Waals surface area contributed by atoms with E-state index in [1.54, 1.807) is 0 Å². The lowest BCUT2D eigenvalue weighted by atomic mass is 9.70. The Labute approximate surface area is 573 Å². The van der Waals surface area contributed by atoms with Crippen LogP contribution in [0.3, 0.4) is 0 Å². The minimum absolute atomic E-state index is 0.104. The molecule has 2 aliphatic carbocycles. The van der Waals surface area contributed by atoms with Crippen LogP contribution in [0, 0.1) is 0 Å². The molecule has 0 saturated heterocycles. The summed E-state index contributed by atoms with van der Waals surface area (Å²) in [6.07, 6.45) is 1.97. The molecule has 0 amide bonds. The monoisotopic (exact) mass is 1260 g/mol. The summed E-state index contributed by atoms with van der Waals surface area (Å²) >= 11 is 0. The van der Waals surface area contributed by atoms with Gasteiger partial charge in [0.05, 0.1) is 33.5 Å². The van der Waals surface area contributed by atoms with Crippen LogP contribution >= 0.6 is 0 Å². The number of aromatic nitrogens is 2. The standard InChI is InChI=1S/C93H72N4O/c1-91(2,3)68-50-51-94-87(56-68)97-84-49-47-82-88(77-34-18-21-39-81(77)93(82)79-37-19-16-32-75(79)76-33-17-20-38-80(76)93)89(84)78-46-45-72(58-85(78)97)98-71-31-22-30-70(57-71)95-59-96(83-48-44-65(55-86(83)95)61-26-12-8-13-27-61)90-73(64-42-40-63(41-43-64)60-24-10-7-11-25-60)35-23-36-74(90)67-52-66(62-28-14-9-15-29-62)53-69(54-67)92(4,5)6/h7-58H,59H2,1-6H3. The summed E-state index contributed by atoms with van der Waals surface area (Å²) in [5.74, 6) is 2.34. The smallest absolute Gasteiger partial charge is 0.137 e. The molecular weight excluding hydrogens is 1190 g/mol. The second-order valence-corrected chi connectivity index (χ2v) is 28.7. The Bertz CT molecular complexity index is 5610. The van der Waals surface area contributed by atoms with Crippen LogP contribution in [0.15, 0.2) is 316 Å². The number of fused-ring (bicyclic) bond motifs is 15. The summed E-state index contributed by atoms with van der Waals surface area (Å²) < 4.78 is 9.63. The highest BCUT2D eigenvalue weighted by molar-refractivity contribution is 6.19. The van der Waals surface area contributed by atoms with E-state index in [0.29, 0.717) is 6.67 Å². The second-order valence-electron chi connectivity index (χ2n) is 28.7. The molecule has 15 aromatic rings. The van der Waals surface area contributed by atoms with Crippen molar-refractivity contribution in [2.75, 3.05) is 16.5 Å². The molecule has 1 spiro atoms. The molecule has 0 bridgehead atoms. The highest BCUT2D eigenvalue weighted by Gasteiger charge is 2.52. The number of hydrogen-bond donors (Lipinski definition) is 0. The lowest BCUT2D eigenvalue weighted by Crippen LogP contribution is -2.25. The van der Waals surface area contributed by atoms with Crippen molar-refractivity contribution in [1.29, 1.82) is 0 Å². The summed E-state index contributed by atoms with van der Waals surface area (Å²) in [7, 11) is 0. The summed E-state index contributed by atoms with van der Waals surface area (Å²) in [5.41, 5.74) is 30.4. The van der Waals surface area contributed by atoms with Gasteiger partial charge in [0.1, 0.15) is 24.0 Å². The number of rotatable bonds is 10. The molecule has 98 heavy (non-hydrogen) atoms. The normalized spacial score (nSPS) is 13.4. The van der Waals surface area contributed by atoms with Crippen molar-refractivity contribution in [3.8, 4) is 95.2 Å². The third-order valence-corrected chi connectivity index (χ3v) is 20.8. The Balaban J connectivity index is 0.790. The van der Waals surface area contributed by atoms with Crippen molar-refractivity contribution in [2.24, 2.45) is 0 Å². The van der Waals surface area contributed by atoms with E-state index in [-0.39, 0.29) is 10.8 Å². The van der Waals surface area contributed by atoms with E-state index in [4.69, 9.17) is 9.72 Å². The van der Waals surface area contributed by atoms with Gasteiger partial charge in [0, 0.05) is 45.9 Å². The van der Waals surface area contributed by atoms with E-state index in [9.17, 15) is 0 Å². The first-order valence-electron chi connectivity index (χ1n) is 34.3. The largest absolute Gasteiger partial charge is 0.457 e. The Hall–Kier alpha value is -11.8. The number of ether oxygens (including phenoxy) is 1. The maximum atomic E-state index is 7.25. The third-order valence-electron chi connectivity index (χ3n) is 20.8. The molecule has 13 aromatic carbocycles. The Morgan fingerprint density at radius 1 is 0.347 bits per heavy atom. The first-order valence-corrected chi connectivity index (χ1v) is 34.3. The fraction of sp³-hybridized carbons (Fsp3) is 0.108. The summed E-state index contributed by atoms with van der Waals surface area (Å²) in [5, 5.41) is 2.35. The van der Waals surface area contributed by atoms with Gasteiger partial charge in [-0.25, -0.2) is 4.98 Å². The molecule has 470 valence electrons. The van der Waals surface area contributed by atoms with Crippen molar-refractivity contribution in [3.05, 3.63) is 349 Å². The second kappa shape index (κ2) is 22.7. The predicted octanol–water partition coefficient (Wildman–Crippen LogP) is 24.5. The molecule has 5 nitrogen and oxygen atoms in total. The molecular formula is C93H72N4O. The fourth-order valence-electron chi connectivity index (χ4n) is 16.1. The maximum Gasteiger partial charge on any atom is 0.137 e. The van der Waals surface area contributed by atoms with Crippen LogP contribution in [0.1, 0.15) is 74.9 Å². The van der Waals surface area contributed by atoms with Crippen molar-refractivity contribution < 1.29 is 4.74 Å². The van der Waals surface area contributed by atoms with Gasteiger partial charge in [-0.3, -0.25) is 4.57 Å². The minimum atomic E-state index is -0.485. The van der Waals surface area contributed by atoms with Crippen LogP contribution in [0.5, 0.6) is 11.5 Å². The lowest BCUT2D eigenvalue weighted by Gasteiger charge is -2.30. The van der Waals surface area contributed by atoms with Gasteiger partial charge < -0.3 is 14.5 Å². The molecule has 5 heteroatoms.